The average Bonchev–Trinajstić information content (AvgIpc) is 2.69. The van der Waals surface area contributed by atoms with E-state index in [1.54, 1.807) is 11.8 Å². The summed E-state index contributed by atoms with van der Waals surface area (Å²) in [4.78, 5) is 26.5. The number of benzene rings is 2. The standard InChI is InChI=1S/C22H25NO4/c1-16(27-22(26)19-7-9-20(24)10-8-19)21(25)23-13-11-18(12-14-23)15-17-5-3-2-4-6-17/h2-10,16,18,24H,11-15H2,1H3. The Morgan fingerprint density at radius 2 is 1.70 bits per heavy atom. The van der Waals surface area contributed by atoms with Gasteiger partial charge < -0.3 is 14.7 Å². The molecule has 27 heavy (non-hydrogen) atoms. The monoisotopic (exact) mass is 367 g/mol. The minimum atomic E-state index is -0.822. The number of rotatable bonds is 5. The molecule has 2 aromatic rings. The van der Waals surface area contributed by atoms with Crippen LogP contribution >= 0.6 is 0 Å². The van der Waals surface area contributed by atoms with E-state index in [0.717, 1.165) is 19.3 Å². The zero-order valence-corrected chi connectivity index (χ0v) is 15.5. The Bertz CT molecular complexity index is 765. The lowest BCUT2D eigenvalue weighted by molar-refractivity contribution is -0.141. The van der Waals surface area contributed by atoms with Crippen LogP contribution in [-0.2, 0) is 16.0 Å². The van der Waals surface area contributed by atoms with Crippen LogP contribution in [0.1, 0.15) is 35.7 Å². The Balaban J connectivity index is 1.48. The molecule has 0 aromatic heterocycles. The molecule has 0 radical (unpaired) electrons. The van der Waals surface area contributed by atoms with Crippen LogP contribution in [0.15, 0.2) is 54.6 Å². The van der Waals surface area contributed by atoms with Crippen LogP contribution in [0, 0.1) is 5.92 Å². The van der Waals surface area contributed by atoms with Crippen LogP contribution in [0.5, 0.6) is 5.75 Å². The molecule has 0 spiro atoms. The molecule has 142 valence electrons. The van der Waals surface area contributed by atoms with Crippen molar-refractivity contribution in [1.29, 1.82) is 0 Å². The number of piperidine rings is 1. The average molecular weight is 367 g/mol. The maximum atomic E-state index is 12.6. The Morgan fingerprint density at radius 1 is 1.07 bits per heavy atom. The fraction of sp³-hybridized carbons (Fsp3) is 0.364. The second-order valence-electron chi connectivity index (χ2n) is 7.05. The van der Waals surface area contributed by atoms with Crippen LogP contribution in [0.4, 0.5) is 0 Å². The molecular formula is C22H25NO4. The molecule has 1 aliphatic rings. The number of ether oxygens (including phenoxy) is 1. The van der Waals surface area contributed by atoms with Gasteiger partial charge in [-0.2, -0.15) is 0 Å². The third-order valence-corrected chi connectivity index (χ3v) is 5.03. The van der Waals surface area contributed by atoms with Crippen molar-refractivity contribution in [3.05, 3.63) is 65.7 Å². The van der Waals surface area contributed by atoms with Gasteiger partial charge in [-0.3, -0.25) is 4.79 Å². The molecule has 3 rings (SSSR count). The van der Waals surface area contributed by atoms with Crippen LogP contribution in [-0.4, -0.2) is 41.1 Å². The number of carbonyl (C=O) groups excluding carboxylic acids is 2. The third-order valence-electron chi connectivity index (χ3n) is 5.03. The first-order valence-corrected chi connectivity index (χ1v) is 9.35. The van der Waals surface area contributed by atoms with E-state index in [1.165, 1.54) is 29.8 Å². The highest BCUT2D eigenvalue weighted by Crippen LogP contribution is 2.22. The normalized spacial score (nSPS) is 16.0. The molecular weight excluding hydrogens is 342 g/mol. The SMILES string of the molecule is CC(OC(=O)c1ccc(O)cc1)C(=O)N1CCC(Cc2ccccc2)CC1. The number of nitrogens with zero attached hydrogens (tertiary/aromatic N) is 1. The van der Waals surface area contributed by atoms with Crippen molar-refractivity contribution < 1.29 is 19.4 Å². The van der Waals surface area contributed by atoms with Crippen LogP contribution in [0.3, 0.4) is 0 Å². The number of aromatic hydroxyl groups is 1. The Labute approximate surface area is 159 Å². The van der Waals surface area contributed by atoms with E-state index < -0.39 is 12.1 Å². The van der Waals surface area contributed by atoms with Gasteiger partial charge in [-0.05, 0) is 61.9 Å². The first kappa shape index (κ1) is 19.0. The number of esters is 1. The molecule has 1 saturated heterocycles. The lowest BCUT2D eigenvalue weighted by Gasteiger charge is -2.33. The summed E-state index contributed by atoms with van der Waals surface area (Å²) in [7, 11) is 0. The van der Waals surface area contributed by atoms with Crippen LogP contribution in [0.25, 0.3) is 0 Å². The fourth-order valence-corrected chi connectivity index (χ4v) is 3.44. The number of carbonyl (C=O) groups is 2. The zero-order valence-electron chi connectivity index (χ0n) is 15.5. The second-order valence-corrected chi connectivity index (χ2v) is 7.05. The summed E-state index contributed by atoms with van der Waals surface area (Å²) in [5.41, 5.74) is 1.65. The quantitative estimate of drug-likeness (QED) is 0.823. The number of hydrogen-bond donors (Lipinski definition) is 1. The minimum absolute atomic E-state index is 0.0778. The van der Waals surface area contributed by atoms with Crippen molar-refractivity contribution >= 4 is 11.9 Å². The summed E-state index contributed by atoms with van der Waals surface area (Å²) in [5.74, 6) is -0.0598. The van der Waals surface area contributed by atoms with Gasteiger partial charge in [0.1, 0.15) is 5.75 Å². The Kier molecular flexibility index (Phi) is 6.12. The summed E-state index contributed by atoms with van der Waals surface area (Å²) in [6.07, 6.45) is 2.13. The van der Waals surface area contributed by atoms with Crippen molar-refractivity contribution in [2.24, 2.45) is 5.92 Å². The Morgan fingerprint density at radius 3 is 2.33 bits per heavy atom. The molecule has 0 bridgehead atoms. The van der Waals surface area contributed by atoms with E-state index >= 15 is 0 Å². The van der Waals surface area contributed by atoms with Crippen molar-refractivity contribution in [2.75, 3.05) is 13.1 Å². The molecule has 1 aliphatic heterocycles. The Hall–Kier alpha value is -2.82. The van der Waals surface area contributed by atoms with Gasteiger partial charge in [0.05, 0.1) is 5.56 Å². The van der Waals surface area contributed by atoms with Gasteiger partial charge in [-0.15, -0.1) is 0 Å². The van der Waals surface area contributed by atoms with Crippen molar-refractivity contribution in [2.45, 2.75) is 32.3 Å². The minimum Gasteiger partial charge on any atom is -0.508 e. The summed E-state index contributed by atoms with van der Waals surface area (Å²) < 4.78 is 5.30. The molecule has 1 atom stereocenters. The highest BCUT2D eigenvalue weighted by molar-refractivity contribution is 5.92. The summed E-state index contributed by atoms with van der Waals surface area (Å²) >= 11 is 0. The van der Waals surface area contributed by atoms with Gasteiger partial charge in [-0.1, -0.05) is 30.3 Å². The van der Waals surface area contributed by atoms with Gasteiger partial charge in [0.2, 0.25) is 0 Å². The smallest absolute Gasteiger partial charge is 0.338 e. The van der Waals surface area contributed by atoms with Gasteiger partial charge in [-0.25, -0.2) is 4.79 Å². The second kappa shape index (κ2) is 8.71. The van der Waals surface area contributed by atoms with Crippen molar-refractivity contribution in [3.63, 3.8) is 0 Å². The molecule has 1 N–H and O–H groups in total. The maximum Gasteiger partial charge on any atom is 0.338 e. The molecule has 5 nitrogen and oxygen atoms in total. The molecule has 2 aromatic carbocycles. The lowest BCUT2D eigenvalue weighted by Crippen LogP contribution is -2.44. The van der Waals surface area contributed by atoms with Crippen LogP contribution < -0.4 is 0 Å². The van der Waals surface area contributed by atoms with Crippen molar-refractivity contribution in [1.82, 2.24) is 4.90 Å². The topological polar surface area (TPSA) is 66.8 Å². The summed E-state index contributed by atoms with van der Waals surface area (Å²) in [6.45, 7) is 2.99. The third kappa shape index (κ3) is 5.09. The van der Waals surface area contributed by atoms with Gasteiger partial charge in [0, 0.05) is 13.1 Å². The fourth-order valence-electron chi connectivity index (χ4n) is 3.44. The predicted octanol–water partition coefficient (Wildman–Crippen LogP) is 3.42. The van der Waals surface area contributed by atoms with Crippen LogP contribution in [0.2, 0.25) is 0 Å². The maximum absolute atomic E-state index is 12.6. The largest absolute Gasteiger partial charge is 0.508 e. The summed E-state index contributed by atoms with van der Waals surface area (Å²) in [5, 5.41) is 9.28. The molecule has 1 amide bonds. The lowest BCUT2D eigenvalue weighted by atomic mass is 9.90. The number of likely N-dealkylation sites (tertiary alicyclic amines) is 1. The highest BCUT2D eigenvalue weighted by Gasteiger charge is 2.28. The first-order valence-electron chi connectivity index (χ1n) is 9.35. The number of phenols is 1. The van der Waals surface area contributed by atoms with E-state index in [4.69, 9.17) is 4.74 Å². The first-order chi connectivity index (χ1) is 13.0. The zero-order chi connectivity index (χ0) is 19.2. The van der Waals surface area contributed by atoms with Gasteiger partial charge >= 0.3 is 5.97 Å². The van der Waals surface area contributed by atoms with Gasteiger partial charge in [0.25, 0.3) is 5.91 Å². The molecule has 1 fully saturated rings. The van der Waals surface area contributed by atoms with E-state index in [2.05, 4.69) is 24.3 Å². The molecule has 1 unspecified atom stereocenters. The van der Waals surface area contributed by atoms with Gasteiger partial charge in [0.15, 0.2) is 6.10 Å². The summed E-state index contributed by atoms with van der Waals surface area (Å²) in [6, 6.07) is 16.2. The van der Waals surface area contributed by atoms with E-state index in [1.807, 2.05) is 6.07 Å². The predicted molar refractivity (Wildman–Crippen MR) is 102 cm³/mol. The van der Waals surface area contributed by atoms with Crippen molar-refractivity contribution in [3.8, 4) is 5.75 Å². The number of phenolic OH excluding ortho intramolecular Hbond substituents is 1. The molecule has 1 heterocycles. The number of amides is 1. The van der Waals surface area contributed by atoms with E-state index in [9.17, 15) is 14.7 Å². The van der Waals surface area contributed by atoms with E-state index in [0.29, 0.717) is 24.6 Å². The molecule has 0 aliphatic carbocycles. The molecule has 0 saturated carbocycles. The molecule has 5 heteroatoms. The number of hydrogen-bond acceptors (Lipinski definition) is 4. The highest BCUT2D eigenvalue weighted by atomic mass is 16.5. The van der Waals surface area contributed by atoms with E-state index in [-0.39, 0.29) is 11.7 Å².